The number of amides is 1. The lowest BCUT2D eigenvalue weighted by molar-refractivity contribution is -0.122. The van der Waals surface area contributed by atoms with Crippen molar-refractivity contribution >= 4 is 17.0 Å². The van der Waals surface area contributed by atoms with E-state index in [2.05, 4.69) is 10.2 Å². The maximum atomic E-state index is 12.1. The van der Waals surface area contributed by atoms with E-state index in [4.69, 9.17) is 9.15 Å². The van der Waals surface area contributed by atoms with Crippen molar-refractivity contribution in [3.05, 3.63) is 34.8 Å². The van der Waals surface area contributed by atoms with Crippen LogP contribution in [0.15, 0.2) is 33.5 Å². The third-order valence-electron chi connectivity index (χ3n) is 4.40. The lowest BCUT2D eigenvalue weighted by atomic mass is 10.2. The quantitative estimate of drug-likeness (QED) is 0.815. The van der Waals surface area contributed by atoms with E-state index >= 15 is 0 Å². The second kappa shape index (κ2) is 8.31. The van der Waals surface area contributed by atoms with E-state index in [1.54, 1.807) is 10.6 Å². The minimum Gasteiger partial charge on any atom is -0.408 e. The third kappa shape index (κ3) is 4.70. The van der Waals surface area contributed by atoms with Gasteiger partial charge in [0.15, 0.2) is 5.58 Å². The molecule has 0 saturated carbocycles. The van der Waals surface area contributed by atoms with Gasteiger partial charge in [0.2, 0.25) is 5.91 Å². The van der Waals surface area contributed by atoms with Crippen molar-refractivity contribution in [3.63, 3.8) is 0 Å². The number of para-hydroxylation sites is 2. The van der Waals surface area contributed by atoms with Crippen LogP contribution in [0.4, 0.5) is 0 Å². The van der Waals surface area contributed by atoms with Gasteiger partial charge in [-0.2, -0.15) is 0 Å². The second-order valence-corrected chi connectivity index (χ2v) is 6.47. The molecule has 0 unspecified atom stereocenters. The monoisotopic (exact) mass is 347 g/mol. The average Bonchev–Trinajstić information content (AvgIpc) is 2.91. The van der Waals surface area contributed by atoms with Crippen LogP contribution in [-0.4, -0.2) is 54.3 Å². The zero-order valence-corrected chi connectivity index (χ0v) is 14.6. The molecule has 1 fully saturated rings. The van der Waals surface area contributed by atoms with Gasteiger partial charge in [-0.15, -0.1) is 0 Å². The van der Waals surface area contributed by atoms with Gasteiger partial charge in [-0.1, -0.05) is 12.1 Å². The first-order valence-electron chi connectivity index (χ1n) is 8.81. The second-order valence-electron chi connectivity index (χ2n) is 6.47. The molecular formula is C18H25N3O4. The predicted octanol–water partition coefficient (Wildman–Crippen LogP) is 1.21. The molecule has 7 heteroatoms. The number of benzene rings is 1. The lowest BCUT2D eigenvalue weighted by Gasteiger charge is -2.29. The Labute approximate surface area is 146 Å². The van der Waals surface area contributed by atoms with Crippen LogP contribution in [0.2, 0.25) is 0 Å². The van der Waals surface area contributed by atoms with E-state index in [9.17, 15) is 9.59 Å². The van der Waals surface area contributed by atoms with E-state index in [0.29, 0.717) is 25.0 Å². The topological polar surface area (TPSA) is 76.7 Å². The number of nitrogens with zero attached hydrogens (tertiary/aromatic N) is 2. The summed E-state index contributed by atoms with van der Waals surface area (Å²) in [7, 11) is 0. The van der Waals surface area contributed by atoms with Crippen LogP contribution < -0.4 is 11.1 Å². The summed E-state index contributed by atoms with van der Waals surface area (Å²) in [6.07, 6.45) is 0.985. The standard InChI is InChI=1S/C18H25N3O4/c1-14(13-20-9-11-24-12-10-20)19-17(22)7-4-8-21-15-5-2-3-6-16(15)25-18(21)23/h2-3,5-6,14H,4,7-13H2,1H3,(H,19,22)/t14-/m1/s1. The molecule has 3 rings (SSSR count). The number of aromatic nitrogens is 1. The number of nitrogens with one attached hydrogen (secondary N) is 1. The highest BCUT2D eigenvalue weighted by Gasteiger charge is 2.15. The molecule has 7 nitrogen and oxygen atoms in total. The van der Waals surface area contributed by atoms with Gasteiger partial charge < -0.3 is 14.5 Å². The van der Waals surface area contributed by atoms with Gasteiger partial charge in [-0.05, 0) is 25.5 Å². The van der Waals surface area contributed by atoms with Crippen LogP contribution >= 0.6 is 0 Å². The van der Waals surface area contributed by atoms with E-state index in [0.717, 1.165) is 38.4 Å². The van der Waals surface area contributed by atoms with Crippen LogP contribution in [-0.2, 0) is 16.1 Å². The summed E-state index contributed by atoms with van der Waals surface area (Å²) < 4.78 is 12.1. The number of rotatable bonds is 7. The normalized spacial score (nSPS) is 16.8. The number of fused-ring (bicyclic) bond motifs is 1. The highest BCUT2D eigenvalue weighted by Crippen LogP contribution is 2.12. The number of carbonyl (C=O) groups is 1. The fraction of sp³-hybridized carbons (Fsp3) is 0.556. The SMILES string of the molecule is C[C@H](CN1CCOCC1)NC(=O)CCCn1c(=O)oc2ccccc21. The van der Waals surface area contributed by atoms with E-state index < -0.39 is 0 Å². The molecule has 0 spiro atoms. The summed E-state index contributed by atoms with van der Waals surface area (Å²) in [6, 6.07) is 7.42. The first-order chi connectivity index (χ1) is 12.1. The first kappa shape index (κ1) is 17.7. The molecular weight excluding hydrogens is 322 g/mol. The molecule has 1 amide bonds. The molecule has 1 aromatic carbocycles. The number of oxazole rings is 1. The van der Waals surface area contributed by atoms with Crippen molar-refractivity contribution in [3.8, 4) is 0 Å². The van der Waals surface area contributed by atoms with Crippen LogP contribution in [0.1, 0.15) is 19.8 Å². The number of aryl methyl sites for hydroxylation is 1. The summed E-state index contributed by atoms with van der Waals surface area (Å²) >= 11 is 0. The maximum Gasteiger partial charge on any atom is 0.419 e. The van der Waals surface area contributed by atoms with Gasteiger partial charge in [0, 0.05) is 38.6 Å². The summed E-state index contributed by atoms with van der Waals surface area (Å²) in [5.74, 6) is -0.357. The predicted molar refractivity (Wildman–Crippen MR) is 94.6 cm³/mol. The maximum absolute atomic E-state index is 12.1. The molecule has 0 aliphatic carbocycles. The van der Waals surface area contributed by atoms with Crippen molar-refractivity contribution in [2.75, 3.05) is 32.8 Å². The lowest BCUT2D eigenvalue weighted by Crippen LogP contribution is -2.46. The highest BCUT2D eigenvalue weighted by molar-refractivity contribution is 5.76. The van der Waals surface area contributed by atoms with Crippen LogP contribution in [0.5, 0.6) is 0 Å². The van der Waals surface area contributed by atoms with Gasteiger partial charge in [0.05, 0.1) is 18.7 Å². The fourth-order valence-corrected chi connectivity index (χ4v) is 3.19. The van der Waals surface area contributed by atoms with Gasteiger partial charge in [0.1, 0.15) is 0 Å². The Bertz CT molecular complexity index is 761. The van der Waals surface area contributed by atoms with Gasteiger partial charge in [0.25, 0.3) is 0 Å². The summed E-state index contributed by atoms with van der Waals surface area (Å²) in [5.41, 5.74) is 1.35. The fourth-order valence-electron chi connectivity index (χ4n) is 3.19. The Morgan fingerprint density at radius 1 is 1.28 bits per heavy atom. The van der Waals surface area contributed by atoms with Crippen molar-refractivity contribution in [2.24, 2.45) is 0 Å². The highest BCUT2D eigenvalue weighted by atomic mass is 16.5. The summed E-state index contributed by atoms with van der Waals surface area (Å²) in [6.45, 7) is 6.67. The number of morpholine rings is 1. The Morgan fingerprint density at radius 3 is 2.84 bits per heavy atom. The molecule has 1 atom stereocenters. The molecule has 1 aromatic heterocycles. The number of carbonyl (C=O) groups excluding carboxylic acids is 1. The zero-order chi connectivity index (χ0) is 17.6. The Kier molecular flexibility index (Phi) is 5.88. The first-order valence-corrected chi connectivity index (χ1v) is 8.81. The molecule has 0 bridgehead atoms. The third-order valence-corrected chi connectivity index (χ3v) is 4.40. The largest absolute Gasteiger partial charge is 0.419 e. The van der Waals surface area contributed by atoms with Crippen molar-refractivity contribution in [2.45, 2.75) is 32.4 Å². The molecule has 1 aliphatic heterocycles. The number of ether oxygens (including phenoxy) is 1. The molecule has 136 valence electrons. The average molecular weight is 347 g/mol. The van der Waals surface area contributed by atoms with Gasteiger partial charge >= 0.3 is 5.76 Å². The molecule has 2 aromatic rings. The molecule has 25 heavy (non-hydrogen) atoms. The van der Waals surface area contributed by atoms with Crippen LogP contribution in [0.3, 0.4) is 0 Å². The van der Waals surface area contributed by atoms with E-state index in [1.807, 2.05) is 25.1 Å². The molecule has 1 N–H and O–H groups in total. The summed E-state index contributed by atoms with van der Waals surface area (Å²) in [5, 5.41) is 3.03. The number of hydrogen-bond acceptors (Lipinski definition) is 5. The molecule has 2 heterocycles. The minimum absolute atomic E-state index is 0.0154. The molecule has 0 radical (unpaired) electrons. The molecule has 1 saturated heterocycles. The van der Waals surface area contributed by atoms with Gasteiger partial charge in [-0.25, -0.2) is 4.79 Å². The van der Waals surface area contributed by atoms with Crippen LogP contribution in [0, 0.1) is 0 Å². The van der Waals surface area contributed by atoms with Crippen molar-refractivity contribution in [1.82, 2.24) is 14.8 Å². The smallest absolute Gasteiger partial charge is 0.408 e. The Hall–Kier alpha value is -2.12. The van der Waals surface area contributed by atoms with E-state index in [-0.39, 0.29) is 17.7 Å². The van der Waals surface area contributed by atoms with Gasteiger partial charge in [-0.3, -0.25) is 14.3 Å². The van der Waals surface area contributed by atoms with Crippen LogP contribution in [0.25, 0.3) is 11.1 Å². The zero-order valence-electron chi connectivity index (χ0n) is 14.6. The summed E-state index contributed by atoms with van der Waals surface area (Å²) in [4.78, 5) is 26.3. The Morgan fingerprint density at radius 2 is 2.04 bits per heavy atom. The Balaban J connectivity index is 1.44. The number of hydrogen-bond donors (Lipinski definition) is 1. The van der Waals surface area contributed by atoms with Crippen molar-refractivity contribution < 1.29 is 13.9 Å². The minimum atomic E-state index is -0.373. The van der Waals surface area contributed by atoms with E-state index in [1.165, 1.54) is 0 Å². The van der Waals surface area contributed by atoms with Crippen molar-refractivity contribution in [1.29, 1.82) is 0 Å². The molecule has 1 aliphatic rings.